The van der Waals surface area contributed by atoms with Crippen molar-refractivity contribution < 1.29 is 37.4 Å². The fraction of sp³-hybridized carbons (Fsp3) is 0.429. The molecule has 49 heavy (non-hydrogen) atoms. The molecule has 1 aliphatic rings. The van der Waals surface area contributed by atoms with E-state index in [1.54, 1.807) is 32.9 Å². The van der Waals surface area contributed by atoms with Crippen LogP contribution >= 0.6 is 0 Å². The molecule has 0 unspecified atom stereocenters. The molecule has 3 atom stereocenters. The standard InChI is InChI=1S/C35H45N5O8S/c1-23(2)20-40(49(45,46)25-14-15-29-30(18-25)48-22-47-29)21-28(41)27(17-24-11-7-6-8-12-24)38-34(44)32(35(3,4)5)39-31(42)19-37-33(43)26-13-9-10-16-36-26/h6-16,18,23,27-28,32,41H,17,19-22H2,1-5H3,(H,37,43)(H,38,44)(H,39,42)/t27-,28+,32+/m0/s1. The second-order valence-corrected chi connectivity index (χ2v) is 15.3. The van der Waals surface area contributed by atoms with Crippen molar-refractivity contribution in [2.75, 3.05) is 26.4 Å². The van der Waals surface area contributed by atoms with E-state index in [1.165, 1.54) is 34.8 Å². The Morgan fingerprint density at radius 1 is 0.939 bits per heavy atom. The molecule has 0 spiro atoms. The normalized spacial score (nSPS) is 14.6. The third-order valence-electron chi connectivity index (χ3n) is 7.77. The predicted octanol–water partition coefficient (Wildman–Crippen LogP) is 2.51. The fourth-order valence-electron chi connectivity index (χ4n) is 5.25. The van der Waals surface area contributed by atoms with Crippen molar-refractivity contribution in [3.8, 4) is 11.5 Å². The fourth-order valence-corrected chi connectivity index (χ4v) is 6.89. The van der Waals surface area contributed by atoms with Crippen molar-refractivity contribution in [2.45, 2.75) is 64.1 Å². The average Bonchev–Trinajstić information content (AvgIpc) is 3.54. The number of fused-ring (bicyclic) bond motifs is 1. The molecule has 264 valence electrons. The van der Waals surface area contributed by atoms with E-state index < -0.39 is 57.9 Å². The largest absolute Gasteiger partial charge is 0.454 e. The highest BCUT2D eigenvalue weighted by Gasteiger charge is 2.37. The summed E-state index contributed by atoms with van der Waals surface area (Å²) in [6, 6.07) is 16.4. The second-order valence-electron chi connectivity index (χ2n) is 13.4. The number of aliphatic hydroxyl groups excluding tert-OH is 1. The van der Waals surface area contributed by atoms with Gasteiger partial charge in [0.2, 0.25) is 28.6 Å². The smallest absolute Gasteiger partial charge is 0.270 e. The zero-order chi connectivity index (χ0) is 35.8. The van der Waals surface area contributed by atoms with Gasteiger partial charge < -0.3 is 30.5 Å². The van der Waals surface area contributed by atoms with E-state index in [1.807, 2.05) is 44.2 Å². The molecule has 3 amide bonds. The lowest BCUT2D eigenvalue weighted by Crippen LogP contribution is -2.59. The Labute approximate surface area is 287 Å². The molecule has 4 N–H and O–H groups in total. The maximum atomic E-state index is 13.9. The summed E-state index contributed by atoms with van der Waals surface area (Å²) in [5.74, 6) is -1.05. The monoisotopic (exact) mass is 695 g/mol. The number of hydrogen-bond donors (Lipinski definition) is 4. The minimum Gasteiger partial charge on any atom is -0.454 e. The van der Waals surface area contributed by atoms with Gasteiger partial charge in [0.1, 0.15) is 11.7 Å². The Morgan fingerprint density at radius 3 is 2.29 bits per heavy atom. The lowest BCUT2D eigenvalue weighted by atomic mass is 9.85. The van der Waals surface area contributed by atoms with Gasteiger partial charge in [0.15, 0.2) is 11.5 Å². The number of aromatic nitrogens is 1. The highest BCUT2D eigenvalue weighted by atomic mass is 32.2. The molecule has 0 saturated carbocycles. The molecule has 1 aromatic heterocycles. The summed E-state index contributed by atoms with van der Waals surface area (Å²) >= 11 is 0. The molecule has 2 heterocycles. The minimum absolute atomic E-state index is 0.00998. The lowest BCUT2D eigenvalue weighted by Gasteiger charge is -2.34. The van der Waals surface area contributed by atoms with E-state index >= 15 is 0 Å². The van der Waals surface area contributed by atoms with Gasteiger partial charge >= 0.3 is 0 Å². The number of ether oxygens (including phenoxy) is 2. The van der Waals surface area contributed by atoms with Crippen LogP contribution in [-0.4, -0.2) is 85.1 Å². The first-order valence-electron chi connectivity index (χ1n) is 16.1. The zero-order valence-electron chi connectivity index (χ0n) is 28.4. The number of carbonyl (C=O) groups excluding carboxylic acids is 3. The van der Waals surface area contributed by atoms with Crippen molar-refractivity contribution in [2.24, 2.45) is 11.3 Å². The second kappa shape index (κ2) is 16.2. The van der Waals surface area contributed by atoms with Gasteiger partial charge in [-0.2, -0.15) is 4.31 Å². The number of sulfonamides is 1. The molecule has 1 aliphatic heterocycles. The minimum atomic E-state index is -4.11. The van der Waals surface area contributed by atoms with Crippen LogP contribution in [0.5, 0.6) is 11.5 Å². The topological polar surface area (TPSA) is 176 Å². The molecule has 0 bridgehead atoms. The van der Waals surface area contributed by atoms with Gasteiger partial charge in [0.25, 0.3) is 5.91 Å². The SMILES string of the molecule is CC(C)CN(C[C@@H](O)[C@H](Cc1ccccc1)NC(=O)[C@@H](NC(=O)CNC(=O)c1ccccn1)C(C)(C)C)S(=O)(=O)c1ccc2c(c1)OCO2. The zero-order valence-corrected chi connectivity index (χ0v) is 29.2. The number of amides is 3. The van der Waals surface area contributed by atoms with Gasteiger partial charge in [-0.15, -0.1) is 0 Å². The summed E-state index contributed by atoms with van der Waals surface area (Å²) in [7, 11) is -4.11. The van der Waals surface area contributed by atoms with Gasteiger partial charge in [0, 0.05) is 25.4 Å². The molecule has 0 fully saturated rings. The van der Waals surface area contributed by atoms with E-state index in [4.69, 9.17) is 9.47 Å². The van der Waals surface area contributed by atoms with Crippen molar-refractivity contribution in [1.82, 2.24) is 25.2 Å². The van der Waals surface area contributed by atoms with Crippen molar-refractivity contribution in [1.29, 1.82) is 0 Å². The van der Waals surface area contributed by atoms with Crippen LogP contribution in [0.15, 0.2) is 77.8 Å². The molecule has 14 heteroatoms. The van der Waals surface area contributed by atoms with Gasteiger partial charge in [0.05, 0.1) is 23.6 Å². The van der Waals surface area contributed by atoms with Crippen LogP contribution in [0.25, 0.3) is 0 Å². The molecule has 3 aromatic rings. The third-order valence-corrected chi connectivity index (χ3v) is 9.60. The van der Waals surface area contributed by atoms with Crippen molar-refractivity contribution >= 4 is 27.7 Å². The van der Waals surface area contributed by atoms with Crippen LogP contribution < -0.4 is 25.4 Å². The lowest BCUT2D eigenvalue weighted by molar-refractivity contribution is -0.132. The average molecular weight is 696 g/mol. The molecule has 0 radical (unpaired) electrons. The third kappa shape index (κ3) is 10.2. The highest BCUT2D eigenvalue weighted by molar-refractivity contribution is 7.89. The van der Waals surface area contributed by atoms with Gasteiger partial charge in [-0.1, -0.05) is 71.0 Å². The van der Waals surface area contributed by atoms with Crippen molar-refractivity contribution in [3.63, 3.8) is 0 Å². The Kier molecular flexibility index (Phi) is 12.4. The summed E-state index contributed by atoms with van der Waals surface area (Å²) in [6.07, 6.45) is 0.295. The number of hydrogen-bond acceptors (Lipinski definition) is 9. The summed E-state index contributed by atoms with van der Waals surface area (Å²) in [4.78, 5) is 43.2. The Balaban J connectivity index is 1.53. The van der Waals surface area contributed by atoms with Gasteiger partial charge in [-0.3, -0.25) is 19.4 Å². The van der Waals surface area contributed by atoms with Crippen LogP contribution in [0.4, 0.5) is 0 Å². The van der Waals surface area contributed by atoms with Gasteiger partial charge in [-0.05, 0) is 47.6 Å². The number of aliphatic hydroxyl groups is 1. The Morgan fingerprint density at radius 2 is 1.63 bits per heavy atom. The van der Waals surface area contributed by atoms with E-state index in [0.29, 0.717) is 11.5 Å². The van der Waals surface area contributed by atoms with E-state index in [9.17, 15) is 27.9 Å². The molecule has 0 saturated heterocycles. The summed E-state index contributed by atoms with van der Waals surface area (Å²) < 4.78 is 39.8. The molecular formula is C35H45N5O8S. The van der Waals surface area contributed by atoms with Crippen LogP contribution in [0.3, 0.4) is 0 Å². The first-order chi connectivity index (χ1) is 23.1. The molecule has 2 aromatic carbocycles. The van der Waals surface area contributed by atoms with Crippen LogP contribution in [0.1, 0.15) is 50.7 Å². The molecule has 13 nitrogen and oxygen atoms in total. The van der Waals surface area contributed by atoms with E-state index in [-0.39, 0.29) is 42.8 Å². The number of nitrogens with one attached hydrogen (secondary N) is 3. The summed E-state index contributed by atoms with van der Waals surface area (Å²) in [5.41, 5.74) is 0.166. The Hall–Kier alpha value is -4.53. The number of carbonyl (C=O) groups is 3. The van der Waals surface area contributed by atoms with Crippen molar-refractivity contribution in [3.05, 3.63) is 84.2 Å². The maximum Gasteiger partial charge on any atom is 0.270 e. The number of rotatable bonds is 15. The van der Waals surface area contributed by atoms with Crippen LogP contribution in [-0.2, 0) is 26.0 Å². The Bertz CT molecular complexity index is 1700. The maximum absolute atomic E-state index is 13.9. The van der Waals surface area contributed by atoms with E-state index in [2.05, 4.69) is 20.9 Å². The number of nitrogens with zero attached hydrogens (tertiary/aromatic N) is 2. The molecular weight excluding hydrogens is 650 g/mol. The van der Waals surface area contributed by atoms with Gasteiger partial charge in [-0.25, -0.2) is 8.42 Å². The number of benzene rings is 2. The number of pyridine rings is 1. The van der Waals surface area contributed by atoms with E-state index in [0.717, 1.165) is 5.56 Å². The summed E-state index contributed by atoms with van der Waals surface area (Å²) in [5, 5.41) is 19.8. The predicted molar refractivity (Wildman–Crippen MR) is 182 cm³/mol. The first kappa shape index (κ1) is 37.3. The molecule has 4 rings (SSSR count). The first-order valence-corrected chi connectivity index (χ1v) is 17.5. The summed E-state index contributed by atoms with van der Waals surface area (Å²) in [6.45, 7) is 8.43. The quantitative estimate of drug-likeness (QED) is 0.186. The van der Waals surface area contributed by atoms with Crippen LogP contribution in [0, 0.1) is 11.3 Å². The molecule has 0 aliphatic carbocycles. The van der Waals surface area contributed by atoms with Crippen LogP contribution in [0.2, 0.25) is 0 Å². The highest BCUT2D eigenvalue weighted by Crippen LogP contribution is 2.35.